The van der Waals surface area contributed by atoms with E-state index in [0.717, 1.165) is 36.4 Å². The average Bonchev–Trinajstić information content (AvgIpc) is 2.45. The molecule has 2 aliphatic carbocycles. The summed E-state index contributed by atoms with van der Waals surface area (Å²) in [5.74, 6) is 0.899. The predicted octanol–water partition coefficient (Wildman–Crippen LogP) is 4.96. The van der Waals surface area contributed by atoms with Gasteiger partial charge in [-0.15, -0.1) is 0 Å². The van der Waals surface area contributed by atoms with E-state index >= 15 is 0 Å². The normalized spacial score (nSPS) is 35.3. The van der Waals surface area contributed by atoms with Gasteiger partial charge in [-0.3, -0.25) is 0 Å². The zero-order valence-electron chi connectivity index (χ0n) is 13.3. The van der Waals surface area contributed by atoms with E-state index in [4.69, 9.17) is 11.6 Å². The Kier molecular flexibility index (Phi) is 3.75. The van der Waals surface area contributed by atoms with Crippen molar-refractivity contribution in [2.75, 3.05) is 5.32 Å². The number of anilines is 1. The van der Waals surface area contributed by atoms with Crippen LogP contribution in [0.2, 0.25) is 5.02 Å². The molecule has 2 saturated heterocycles. The number of carbonyl (C=O) groups is 1. The Bertz CT molecular complexity index is 619. The molecule has 3 nitrogen and oxygen atoms in total. The van der Waals surface area contributed by atoms with Crippen LogP contribution in [0.15, 0.2) is 18.2 Å². The summed E-state index contributed by atoms with van der Waals surface area (Å²) in [4.78, 5) is 14.5. The van der Waals surface area contributed by atoms with Gasteiger partial charge in [-0.25, -0.2) is 9.18 Å². The Morgan fingerprint density at radius 1 is 1.22 bits per heavy atom. The zero-order valence-corrected chi connectivity index (χ0v) is 14.0. The number of hydrogen-bond donors (Lipinski definition) is 1. The molecule has 2 bridgehead atoms. The first-order valence-corrected chi connectivity index (χ1v) is 8.92. The fourth-order valence-corrected chi connectivity index (χ4v) is 4.67. The molecular formula is C18H22ClFN2O. The molecule has 2 heterocycles. The van der Waals surface area contributed by atoms with Gasteiger partial charge in [0.2, 0.25) is 0 Å². The molecule has 23 heavy (non-hydrogen) atoms. The van der Waals surface area contributed by atoms with Crippen molar-refractivity contribution in [3.05, 3.63) is 28.8 Å². The number of piperidine rings is 1. The molecule has 0 spiro atoms. The lowest BCUT2D eigenvalue weighted by Crippen LogP contribution is -2.63. The number of nitrogens with zero attached hydrogens (tertiary/aromatic N) is 1. The first kappa shape index (κ1) is 15.3. The highest BCUT2D eigenvalue weighted by atomic mass is 35.5. The maximum absolute atomic E-state index is 13.1. The third-order valence-corrected chi connectivity index (χ3v) is 6.03. The van der Waals surface area contributed by atoms with Crippen LogP contribution in [0, 0.1) is 5.92 Å². The van der Waals surface area contributed by atoms with E-state index in [0.29, 0.717) is 29.9 Å². The molecule has 124 valence electrons. The lowest BCUT2D eigenvalue weighted by Gasteiger charge is -2.54. The summed E-state index contributed by atoms with van der Waals surface area (Å²) in [6.45, 7) is 2.26. The summed E-state index contributed by atoms with van der Waals surface area (Å²) in [6, 6.07) is 6.33. The van der Waals surface area contributed by atoms with Gasteiger partial charge in [-0.1, -0.05) is 18.5 Å². The summed E-state index contributed by atoms with van der Waals surface area (Å²) >= 11 is 6.24. The van der Waals surface area contributed by atoms with Crippen LogP contribution in [0.1, 0.15) is 50.5 Å². The number of urea groups is 1. The molecule has 4 aliphatic rings. The number of rotatable bonds is 2. The van der Waals surface area contributed by atoms with Gasteiger partial charge in [0.1, 0.15) is 6.17 Å². The van der Waals surface area contributed by atoms with E-state index in [9.17, 15) is 9.18 Å². The summed E-state index contributed by atoms with van der Waals surface area (Å²) in [5, 5.41) is 3.67. The molecule has 1 aromatic rings. The van der Waals surface area contributed by atoms with E-state index in [1.165, 1.54) is 0 Å². The van der Waals surface area contributed by atoms with Gasteiger partial charge >= 0.3 is 6.03 Å². The van der Waals surface area contributed by atoms with Crippen LogP contribution >= 0.6 is 11.6 Å². The summed E-state index contributed by atoms with van der Waals surface area (Å²) in [6.07, 6.45) is 3.71. The molecule has 1 aromatic carbocycles. The van der Waals surface area contributed by atoms with Crippen molar-refractivity contribution in [2.24, 2.45) is 5.92 Å². The van der Waals surface area contributed by atoms with Crippen LogP contribution in [-0.2, 0) is 0 Å². The van der Waals surface area contributed by atoms with Crippen LogP contribution in [0.5, 0.6) is 0 Å². The predicted molar refractivity (Wildman–Crippen MR) is 89.8 cm³/mol. The number of benzene rings is 1. The van der Waals surface area contributed by atoms with Crippen molar-refractivity contribution in [2.45, 2.75) is 63.2 Å². The molecule has 2 amide bonds. The molecule has 0 aromatic heterocycles. The molecular weight excluding hydrogens is 315 g/mol. The van der Waals surface area contributed by atoms with E-state index in [1.54, 1.807) is 6.07 Å². The van der Waals surface area contributed by atoms with Crippen molar-refractivity contribution < 1.29 is 9.18 Å². The van der Waals surface area contributed by atoms with E-state index in [1.807, 2.05) is 17.0 Å². The topological polar surface area (TPSA) is 32.3 Å². The Labute approximate surface area is 141 Å². The second-order valence-corrected chi connectivity index (χ2v) is 7.87. The number of halogens is 2. The van der Waals surface area contributed by atoms with Gasteiger partial charge in [0.25, 0.3) is 0 Å². The minimum Gasteiger partial charge on any atom is -0.318 e. The third kappa shape index (κ3) is 2.71. The van der Waals surface area contributed by atoms with Crippen LogP contribution in [0.3, 0.4) is 0 Å². The SMILES string of the molecule is CC1CC2CC(C1)N2C(=O)Nc1ccc(Cl)c([C@H]2C[C@H](F)C2)c1. The highest BCUT2D eigenvalue weighted by molar-refractivity contribution is 6.31. The largest absolute Gasteiger partial charge is 0.322 e. The van der Waals surface area contributed by atoms with Gasteiger partial charge in [-0.2, -0.15) is 0 Å². The third-order valence-electron chi connectivity index (χ3n) is 5.68. The molecule has 5 rings (SSSR count). The summed E-state index contributed by atoms with van der Waals surface area (Å²) in [5.41, 5.74) is 1.71. The minimum atomic E-state index is -0.711. The molecule has 2 aliphatic heterocycles. The highest BCUT2D eigenvalue weighted by Gasteiger charge is 2.46. The Morgan fingerprint density at radius 2 is 1.91 bits per heavy atom. The smallest absolute Gasteiger partial charge is 0.318 e. The fourth-order valence-electron chi connectivity index (χ4n) is 4.40. The second-order valence-electron chi connectivity index (χ2n) is 7.46. The van der Waals surface area contributed by atoms with Crippen molar-refractivity contribution >= 4 is 23.3 Å². The van der Waals surface area contributed by atoms with E-state index < -0.39 is 6.17 Å². The minimum absolute atomic E-state index is 0.0107. The van der Waals surface area contributed by atoms with Gasteiger partial charge in [-0.05, 0) is 67.7 Å². The monoisotopic (exact) mass is 336 g/mol. The number of amides is 2. The molecule has 0 radical (unpaired) electrons. The molecule has 2 atom stereocenters. The van der Waals surface area contributed by atoms with Crippen molar-refractivity contribution in [3.63, 3.8) is 0 Å². The van der Waals surface area contributed by atoms with Crippen molar-refractivity contribution in [1.82, 2.24) is 4.90 Å². The molecule has 4 fully saturated rings. The van der Waals surface area contributed by atoms with E-state index in [-0.39, 0.29) is 11.9 Å². The molecule has 2 saturated carbocycles. The van der Waals surface area contributed by atoms with Crippen LogP contribution < -0.4 is 5.32 Å². The van der Waals surface area contributed by atoms with Crippen molar-refractivity contribution in [1.29, 1.82) is 0 Å². The number of fused-ring (bicyclic) bond motifs is 2. The van der Waals surface area contributed by atoms with Gasteiger partial charge in [0, 0.05) is 22.8 Å². The number of hydrogen-bond acceptors (Lipinski definition) is 1. The number of nitrogens with one attached hydrogen (secondary N) is 1. The van der Waals surface area contributed by atoms with E-state index in [2.05, 4.69) is 12.2 Å². The standard InChI is InChI=1S/C18H22ClFN2O/c1-10-4-14-9-15(5-10)22(14)18(23)21-13-2-3-17(19)16(8-13)11-6-12(20)7-11/h2-3,8,10-12,14-15H,4-7,9H2,1H3,(H,21,23)/t10?,11-,12-,14?,15?. The van der Waals surface area contributed by atoms with Crippen LogP contribution in [0.25, 0.3) is 0 Å². The van der Waals surface area contributed by atoms with Gasteiger partial charge < -0.3 is 10.2 Å². The number of carbonyl (C=O) groups excluding carboxylic acids is 1. The lowest BCUT2D eigenvalue weighted by atomic mass is 9.74. The maximum Gasteiger partial charge on any atom is 0.322 e. The number of alkyl halides is 1. The lowest BCUT2D eigenvalue weighted by molar-refractivity contribution is -0.00601. The van der Waals surface area contributed by atoms with Crippen LogP contribution in [-0.4, -0.2) is 29.2 Å². The maximum atomic E-state index is 13.1. The zero-order chi connectivity index (χ0) is 16.1. The van der Waals surface area contributed by atoms with Gasteiger partial charge in [0.05, 0.1) is 0 Å². The Morgan fingerprint density at radius 3 is 2.57 bits per heavy atom. The average molecular weight is 337 g/mol. The van der Waals surface area contributed by atoms with Gasteiger partial charge in [0.15, 0.2) is 0 Å². The van der Waals surface area contributed by atoms with Crippen LogP contribution in [0.4, 0.5) is 14.9 Å². The second kappa shape index (κ2) is 5.66. The molecule has 2 unspecified atom stereocenters. The summed E-state index contributed by atoms with van der Waals surface area (Å²) in [7, 11) is 0. The quantitative estimate of drug-likeness (QED) is 0.813. The summed E-state index contributed by atoms with van der Waals surface area (Å²) < 4.78 is 13.1. The Balaban J connectivity index is 1.45. The molecule has 1 N–H and O–H groups in total. The Hall–Kier alpha value is -1.29. The molecule has 5 heteroatoms. The van der Waals surface area contributed by atoms with Crippen molar-refractivity contribution in [3.8, 4) is 0 Å². The first-order valence-electron chi connectivity index (χ1n) is 8.54. The fraction of sp³-hybridized carbons (Fsp3) is 0.611. The highest BCUT2D eigenvalue weighted by Crippen LogP contribution is 2.43. The first-order chi connectivity index (χ1) is 11.0.